The zero-order valence-corrected chi connectivity index (χ0v) is 5.22. The summed E-state index contributed by atoms with van der Waals surface area (Å²) in [7, 11) is 0. The van der Waals surface area contributed by atoms with Crippen molar-refractivity contribution < 1.29 is 4.79 Å². The van der Waals surface area contributed by atoms with E-state index in [1.807, 2.05) is 19.9 Å². The van der Waals surface area contributed by atoms with Crippen molar-refractivity contribution in [3.05, 3.63) is 23.8 Å². The van der Waals surface area contributed by atoms with Crippen LogP contribution in [-0.2, 0) is 4.79 Å². The van der Waals surface area contributed by atoms with Crippen LogP contribution in [0.3, 0.4) is 0 Å². The molecule has 0 heterocycles. The van der Waals surface area contributed by atoms with Crippen LogP contribution in [0.15, 0.2) is 23.8 Å². The molecule has 0 saturated heterocycles. The van der Waals surface area contributed by atoms with E-state index in [0.29, 0.717) is 0 Å². The van der Waals surface area contributed by atoms with E-state index in [2.05, 4.69) is 0 Å². The molecule has 8 heavy (non-hydrogen) atoms. The molecule has 0 amide bonds. The van der Waals surface area contributed by atoms with Gasteiger partial charge in [-0.2, -0.15) is 0 Å². The maximum atomic E-state index is 10.0. The van der Waals surface area contributed by atoms with Crippen molar-refractivity contribution >= 4 is 6.29 Å². The van der Waals surface area contributed by atoms with Crippen LogP contribution >= 0.6 is 0 Å². The molecule has 0 saturated carbocycles. The van der Waals surface area contributed by atoms with Gasteiger partial charge in [0, 0.05) is 5.57 Å². The second-order valence-corrected chi connectivity index (χ2v) is 1.41. The topological polar surface area (TPSA) is 17.1 Å². The largest absolute Gasteiger partial charge is 0.298 e. The number of carbonyl (C=O) groups excluding carboxylic acids is 1. The molecule has 1 heteroatoms. The maximum Gasteiger partial charge on any atom is 0.149 e. The van der Waals surface area contributed by atoms with Gasteiger partial charge in [-0.25, -0.2) is 0 Å². The van der Waals surface area contributed by atoms with Gasteiger partial charge < -0.3 is 0 Å². The summed E-state index contributed by atoms with van der Waals surface area (Å²) in [6.45, 7) is 3.72. The van der Waals surface area contributed by atoms with E-state index < -0.39 is 0 Å². The number of allylic oxidation sites excluding steroid dienone is 4. The molecular formula is C7H10O. The Balaban J connectivity index is 3.91. The van der Waals surface area contributed by atoms with Gasteiger partial charge in [-0.1, -0.05) is 18.2 Å². The van der Waals surface area contributed by atoms with E-state index in [0.717, 1.165) is 11.9 Å². The molecule has 0 bridgehead atoms. The highest BCUT2D eigenvalue weighted by Crippen LogP contribution is 1.89. The van der Waals surface area contributed by atoms with Crippen molar-refractivity contribution in [2.45, 2.75) is 13.8 Å². The van der Waals surface area contributed by atoms with E-state index in [1.165, 1.54) is 0 Å². The molecule has 44 valence electrons. The van der Waals surface area contributed by atoms with E-state index in [-0.39, 0.29) is 0 Å². The van der Waals surface area contributed by atoms with Crippen molar-refractivity contribution in [2.24, 2.45) is 0 Å². The number of hydrogen-bond donors (Lipinski definition) is 0. The Morgan fingerprint density at radius 3 is 2.12 bits per heavy atom. The van der Waals surface area contributed by atoms with Crippen LogP contribution < -0.4 is 0 Å². The monoisotopic (exact) mass is 110 g/mol. The Kier molecular flexibility index (Phi) is 3.85. The zero-order chi connectivity index (χ0) is 6.41. The molecule has 0 atom stereocenters. The first-order valence-corrected chi connectivity index (χ1v) is 2.59. The summed E-state index contributed by atoms with van der Waals surface area (Å²) < 4.78 is 0. The summed E-state index contributed by atoms with van der Waals surface area (Å²) in [6.07, 6.45) is 6.21. The average molecular weight is 110 g/mol. The summed E-state index contributed by atoms with van der Waals surface area (Å²) in [4.78, 5) is 10.0. The molecule has 0 aromatic carbocycles. The molecule has 0 aliphatic heterocycles. The van der Waals surface area contributed by atoms with Crippen LogP contribution in [0.5, 0.6) is 0 Å². The summed E-state index contributed by atoms with van der Waals surface area (Å²) >= 11 is 0. The van der Waals surface area contributed by atoms with Crippen LogP contribution in [0.2, 0.25) is 0 Å². The zero-order valence-electron chi connectivity index (χ0n) is 5.22. The minimum Gasteiger partial charge on any atom is -0.298 e. The smallest absolute Gasteiger partial charge is 0.149 e. The van der Waals surface area contributed by atoms with Gasteiger partial charge in [-0.05, 0) is 13.8 Å². The Morgan fingerprint density at radius 1 is 1.38 bits per heavy atom. The molecular weight excluding hydrogens is 100 g/mol. The van der Waals surface area contributed by atoms with E-state index in [9.17, 15) is 4.79 Å². The highest BCUT2D eigenvalue weighted by atomic mass is 16.1. The molecule has 1 nitrogen and oxygen atoms in total. The second kappa shape index (κ2) is 4.31. The van der Waals surface area contributed by atoms with Crippen LogP contribution in [0.1, 0.15) is 13.8 Å². The van der Waals surface area contributed by atoms with E-state index >= 15 is 0 Å². The van der Waals surface area contributed by atoms with Gasteiger partial charge in [0.05, 0.1) is 0 Å². The van der Waals surface area contributed by atoms with Crippen LogP contribution in [-0.4, -0.2) is 6.29 Å². The molecule has 0 aromatic heterocycles. The average Bonchev–Trinajstić information content (AvgIpc) is 1.83. The van der Waals surface area contributed by atoms with Gasteiger partial charge >= 0.3 is 0 Å². The first-order chi connectivity index (χ1) is 3.85. The Morgan fingerprint density at radius 2 is 2.00 bits per heavy atom. The molecule has 0 rings (SSSR count). The molecule has 0 radical (unpaired) electrons. The Labute approximate surface area is 49.7 Å². The fraction of sp³-hybridized carbons (Fsp3) is 0.286. The quantitative estimate of drug-likeness (QED) is 0.300. The van der Waals surface area contributed by atoms with Gasteiger partial charge in [0.15, 0.2) is 0 Å². The first-order valence-electron chi connectivity index (χ1n) is 2.59. The predicted octanol–water partition coefficient (Wildman–Crippen LogP) is 1.71. The molecule has 0 spiro atoms. The van der Waals surface area contributed by atoms with Crippen molar-refractivity contribution in [1.29, 1.82) is 0 Å². The first kappa shape index (κ1) is 7.15. The van der Waals surface area contributed by atoms with Gasteiger partial charge in [0.2, 0.25) is 0 Å². The summed E-state index contributed by atoms with van der Waals surface area (Å²) in [5.74, 6) is 0. The molecule has 0 aromatic rings. The van der Waals surface area contributed by atoms with Crippen LogP contribution in [0.4, 0.5) is 0 Å². The molecule has 0 aliphatic carbocycles. The lowest BCUT2D eigenvalue weighted by Gasteiger charge is -1.80. The van der Waals surface area contributed by atoms with Gasteiger partial charge in [-0.3, -0.25) is 4.79 Å². The minimum atomic E-state index is 0.729. The lowest BCUT2D eigenvalue weighted by molar-refractivity contribution is -0.104. The fourth-order valence-corrected chi connectivity index (χ4v) is 0.396. The third kappa shape index (κ3) is 2.35. The molecule has 0 aliphatic rings. The third-order valence-corrected chi connectivity index (χ3v) is 0.829. The van der Waals surface area contributed by atoms with Gasteiger partial charge in [0.1, 0.15) is 6.29 Å². The lowest BCUT2D eigenvalue weighted by Crippen LogP contribution is -1.74. The maximum absolute atomic E-state index is 10.0. The SMILES string of the molecule is CC=C(C=O)/C=C\C. The molecule has 0 unspecified atom stereocenters. The highest BCUT2D eigenvalue weighted by Gasteiger charge is 1.79. The predicted molar refractivity (Wildman–Crippen MR) is 34.6 cm³/mol. The van der Waals surface area contributed by atoms with Crippen molar-refractivity contribution in [1.82, 2.24) is 0 Å². The number of rotatable bonds is 2. The lowest BCUT2D eigenvalue weighted by atomic mass is 10.3. The third-order valence-electron chi connectivity index (χ3n) is 0.829. The molecule has 0 fully saturated rings. The second-order valence-electron chi connectivity index (χ2n) is 1.41. The van der Waals surface area contributed by atoms with Crippen LogP contribution in [0, 0.1) is 0 Å². The standard InChI is InChI=1S/C7H10O/c1-3-5-7(4-2)6-8/h3-6H,1-2H3/b5-3-,7-4?. The van der Waals surface area contributed by atoms with Crippen LogP contribution in [0.25, 0.3) is 0 Å². The summed E-state index contributed by atoms with van der Waals surface area (Å²) in [5.41, 5.74) is 0.729. The Bertz CT molecular complexity index is 120. The fourth-order valence-electron chi connectivity index (χ4n) is 0.396. The number of aldehydes is 1. The Hall–Kier alpha value is -0.850. The molecule has 0 N–H and O–H groups in total. The van der Waals surface area contributed by atoms with Crippen molar-refractivity contribution in [3.8, 4) is 0 Å². The van der Waals surface area contributed by atoms with E-state index in [1.54, 1.807) is 12.2 Å². The summed E-state index contributed by atoms with van der Waals surface area (Å²) in [5, 5.41) is 0. The van der Waals surface area contributed by atoms with E-state index in [4.69, 9.17) is 0 Å². The van der Waals surface area contributed by atoms with Gasteiger partial charge in [-0.15, -0.1) is 0 Å². The highest BCUT2D eigenvalue weighted by molar-refractivity contribution is 5.77. The minimum absolute atomic E-state index is 0.729. The summed E-state index contributed by atoms with van der Waals surface area (Å²) in [6, 6.07) is 0. The number of carbonyl (C=O) groups is 1. The van der Waals surface area contributed by atoms with Crippen molar-refractivity contribution in [2.75, 3.05) is 0 Å². The normalized spacial score (nSPS) is 12.5. The number of hydrogen-bond acceptors (Lipinski definition) is 1. The van der Waals surface area contributed by atoms with Crippen molar-refractivity contribution in [3.63, 3.8) is 0 Å². The van der Waals surface area contributed by atoms with Gasteiger partial charge in [0.25, 0.3) is 0 Å².